The minimum absolute atomic E-state index is 0.0226. The largest absolute Gasteiger partial charge is 0.423 e. The minimum atomic E-state index is -0.544. The number of ether oxygens (including phenoxy) is 1. The summed E-state index contributed by atoms with van der Waals surface area (Å²) in [5.41, 5.74) is 0.380. The van der Waals surface area contributed by atoms with Crippen LogP contribution in [-0.4, -0.2) is 47.4 Å². The van der Waals surface area contributed by atoms with Crippen LogP contribution >= 0.6 is 0 Å². The molecule has 2 aliphatic rings. The van der Waals surface area contributed by atoms with Gasteiger partial charge in [-0.2, -0.15) is 0 Å². The van der Waals surface area contributed by atoms with E-state index in [9.17, 15) is 19.7 Å². The van der Waals surface area contributed by atoms with Gasteiger partial charge in [0.05, 0.1) is 23.2 Å². The standard InChI is InChI=1S/C17H21N3O5/c1-2-12-5-3-4-8-19(12)16(21)10-18-11-17(22)25-15-9-13(20(23)24)6-7-14(15)18/h6-7,9,12H,2-5,8,10-11H2,1H3. The zero-order valence-electron chi connectivity index (χ0n) is 14.1. The highest BCUT2D eigenvalue weighted by atomic mass is 16.6. The number of piperidine rings is 1. The summed E-state index contributed by atoms with van der Waals surface area (Å²) >= 11 is 0. The van der Waals surface area contributed by atoms with Crippen molar-refractivity contribution in [3.8, 4) is 5.75 Å². The summed E-state index contributed by atoms with van der Waals surface area (Å²) in [6, 6.07) is 4.35. The quantitative estimate of drug-likeness (QED) is 0.358. The average molecular weight is 347 g/mol. The van der Waals surface area contributed by atoms with Gasteiger partial charge in [-0.05, 0) is 31.7 Å². The molecular weight excluding hydrogens is 326 g/mol. The van der Waals surface area contributed by atoms with Crippen molar-refractivity contribution in [2.24, 2.45) is 0 Å². The lowest BCUT2D eigenvalue weighted by atomic mass is 10.00. The second-order valence-electron chi connectivity index (χ2n) is 6.38. The molecule has 134 valence electrons. The number of carbonyl (C=O) groups is 2. The van der Waals surface area contributed by atoms with Crippen molar-refractivity contribution in [3.05, 3.63) is 28.3 Å². The molecule has 1 atom stereocenters. The molecule has 1 unspecified atom stereocenters. The third kappa shape index (κ3) is 3.57. The number of nitro groups is 1. The maximum atomic E-state index is 12.8. The van der Waals surface area contributed by atoms with Crippen LogP contribution in [0, 0.1) is 10.1 Å². The van der Waals surface area contributed by atoms with E-state index in [-0.39, 0.29) is 36.5 Å². The summed E-state index contributed by atoms with van der Waals surface area (Å²) in [6.07, 6.45) is 4.04. The number of amides is 1. The SMILES string of the molecule is CCC1CCCCN1C(=O)CN1CC(=O)Oc2cc([N+](=O)[O-])ccc21. The summed E-state index contributed by atoms with van der Waals surface area (Å²) in [5, 5.41) is 10.9. The Kier molecular flexibility index (Phi) is 4.87. The van der Waals surface area contributed by atoms with E-state index in [0.29, 0.717) is 5.69 Å². The fourth-order valence-electron chi connectivity index (χ4n) is 3.50. The number of fused-ring (bicyclic) bond motifs is 1. The Balaban J connectivity index is 1.80. The smallest absolute Gasteiger partial charge is 0.331 e. The van der Waals surface area contributed by atoms with Crippen molar-refractivity contribution in [3.63, 3.8) is 0 Å². The number of esters is 1. The van der Waals surface area contributed by atoms with E-state index in [1.165, 1.54) is 18.2 Å². The Hall–Kier alpha value is -2.64. The van der Waals surface area contributed by atoms with Crippen LogP contribution in [0.3, 0.4) is 0 Å². The van der Waals surface area contributed by atoms with Crippen molar-refractivity contribution in [2.45, 2.75) is 38.6 Å². The zero-order chi connectivity index (χ0) is 18.0. The van der Waals surface area contributed by atoms with Gasteiger partial charge in [0.1, 0.15) is 6.54 Å². The summed E-state index contributed by atoms with van der Waals surface area (Å²) in [5.74, 6) is -0.416. The van der Waals surface area contributed by atoms with Gasteiger partial charge in [0.2, 0.25) is 5.91 Å². The number of likely N-dealkylation sites (tertiary alicyclic amines) is 1. The van der Waals surface area contributed by atoms with Gasteiger partial charge in [-0.25, -0.2) is 4.79 Å². The maximum absolute atomic E-state index is 12.8. The summed E-state index contributed by atoms with van der Waals surface area (Å²) in [7, 11) is 0. The van der Waals surface area contributed by atoms with Crippen LogP contribution in [0.2, 0.25) is 0 Å². The number of non-ortho nitro benzene ring substituents is 1. The van der Waals surface area contributed by atoms with Gasteiger partial charge in [0.25, 0.3) is 5.69 Å². The van der Waals surface area contributed by atoms with E-state index in [1.807, 2.05) is 4.90 Å². The van der Waals surface area contributed by atoms with Gasteiger partial charge in [-0.15, -0.1) is 0 Å². The third-order valence-corrected chi connectivity index (χ3v) is 4.78. The molecule has 2 heterocycles. The predicted molar refractivity (Wildman–Crippen MR) is 90.6 cm³/mol. The molecule has 1 fully saturated rings. The normalized spacial score (nSPS) is 20.0. The molecule has 0 aliphatic carbocycles. The first-order chi connectivity index (χ1) is 12.0. The molecule has 1 saturated heterocycles. The molecule has 1 aromatic rings. The number of hydrogen-bond donors (Lipinski definition) is 0. The Morgan fingerprint density at radius 2 is 2.20 bits per heavy atom. The van der Waals surface area contributed by atoms with Crippen LogP contribution in [0.25, 0.3) is 0 Å². The van der Waals surface area contributed by atoms with Crippen LogP contribution in [0.4, 0.5) is 11.4 Å². The molecule has 0 radical (unpaired) electrons. The first-order valence-electron chi connectivity index (χ1n) is 8.53. The van der Waals surface area contributed by atoms with E-state index in [4.69, 9.17) is 4.74 Å². The first-order valence-corrected chi connectivity index (χ1v) is 8.53. The molecule has 0 spiro atoms. The van der Waals surface area contributed by atoms with Gasteiger partial charge >= 0.3 is 5.97 Å². The van der Waals surface area contributed by atoms with E-state index in [0.717, 1.165) is 32.2 Å². The molecule has 0 bridgehead atoms. The van der Waals surface area contributed by atoms with Crippen molar-refractivity contribution < 1.29 is 19.2 Å². The number of hydrogen-bond acceptors (Lipinski definition) is 6. The van der Waals surface area contributed by atoms with Gasteiger partial charge < -0.3 is 14.5 Å². The topological polar surface area (TPSA) is 93.0 Å². The monoisotopic (exact) mass is 347 g/mol. The molecule has 0 aromatic heterocycles. The predicted octanol–water partition coefficient (Wildman–Crippen LogP) is 2.11. The maximum Gasteiger partial charge on any atom is 0.331 e. The van der Waals surface area contributed by atoms with Gasteiger partial charge in [-0.1, -0.05) is 6.92 Å². The Bertz CT molecular complexity index is 706. The molecule has 1 amide bonds. The zero-order valence-corrected chi connectivity index (χ0v) is 14.1. The first kappa shape index (κ1) is 17.2. The van der Waals surface area contributed by atoms with Crippen LogP contribution < -0.4 is 9.64 Å². The highest BCUT2D eigenvalue weighted by Gasteiger charge is 2.31. The summed E-state index contributed by atoms with van der Waals surface area (Å²) in [6.45, 7) is 2.84. The van der Waals surface area contributed by atoms with E-state index >= 15 is 0 Å². The molecule has 8 heteroatoms. The van der Waals surface area contributed by atoms with Crippen LogP contribution in [0.1, 0.15) is 32.6 Å². The molecule has 2 aliphatic heterocycles. The third-order valence-electron chi connectivity index (χ3n) is 4.78. The number of rotatable bonds is 4. The number of anilines is 1. The number of nitrogens with zero attached hydrogens (tertiary/aromatic N) is 3. The molecule has 0 N–H and O–H groups in total. The van der Waals surface area contributed by atoms with Crippen molar-refractivity contribution in [1.29, 1.82) is 0 Å². The number of nitro benzene ring substituents is 1. The lowest BCUT2D eigenvalue weighted by Crippen LogP contribution is -2.49. The highest BCUT2D eigenvalue weighted by Crippen LogP contribution is 2.35. The van der Waals surface area contributed by atoms with E-state index in [2.05, 4.69) is 6.92 Å². The molecule has 25 heavy (non-hydrogen) atoms. The Morgan fingerprint density at radius 3 is 2.92 bits per heavy atom. The average Bonchev–Trinajstić information content (AvgIpc) is 2.60. The Morgan fingerprint density at radius 1 is 1.40 bits per heavy atom. The lowest BCUT2D eigenvalue weighted by molar-refractivity contribution is -0.384. The van der Waals surface area contributed by atoms with Crippen molar-refractivity contribution in [2.75, 3.05) is 24.5 Å². The van der Waals surface area contributed by atoms with Gasteiger partial charge in [0, 0.05) is 18.7 Å². The number of carbonyl (C=O) groups excluding carboxylic acids is 2. The van der Waals surface area contributed by atoms with Crippen LogP contribution in [0.15, 0.2) is 18.2 Å². The highest BCUT2D eigenvalue weighted by molar-refractivity contribution is 5.89. The van der Waals surface area contributed by atoms with Crippen LogP contribution in [0.5, 0.6) is 5.75 Å². The van der Waals surface area contributed by atoms with E-state index in [1.54, 1.807) is 4.90 Å². The van der Waals surface area contributed by atoms with Crippen molar-refractivity contribution >= 4 is 23.3 Å². The summed E-state index contributed by atoms with van der Waals surface area (Å²) in [4.78, 5) is 38.5. The Labute approximate surface area is 145 Å². The molecule has 8 nitrogen and oxygen atoms in total. The number of benzene rings is 1. The molecule has 0 saturated carbocycles. The molecule has 3 rings (SSSR count). The van der Waals surface area contributed by atoms with Gasteiger partial charge in [-0.3, -0.25) is 14.9 Å². The second-order valence-corrected chi connectivity index (χ2v) is 6.38. The lowest BCUT2D eigenvalue weighted by Gasteiger charge is -2.37. The van der Waals surface area contributed by atoms with Gasteiger partial charge in [0.15, 0.2) is 5.75 Å². The van der Waals surface area contributed by atoms with Crippen molar-refractivity contribution in [1.82, 2.24) is 4.90 Å². The van der Waals surface area contributed by atoms with Crippen LogP contribution in [-0.2, 0) is 9.59 Å². The minimum Gasteiger partial charge on any atom is -0.423 e. The van der Waals surface area contributed by atoms with E-state index < -0.39 is 10.9 Å². The second kappa shape index (κ2) is 7.08. The summed E-state index contributed by atoms with van der Waals surface area (Å²) < 4.78 is 5.11. The fourth-order valence-corrected chi connectivity index (χ4v) is 3.50. The fraction of sp³-hybridized carbons (Fsp3) is 0.529. The molecule has 1 aromatic carbocycles. The molecular formula is C17H21N3O5.